The first-order valence-electron chi connectivity index (χ1n) is 8.10. The van der Waals surface area contributed by atoms with E-state index in [1.807, 2.05) is 11.5 Å². The van der Waals surface area contributed by atoms with Gasteiger partial charge in [-0.05, 0) is 19.1 Å². The Morgan fingerprint density at radius 2 is 1.96 bits per heavy atom. The Morgan fingerprint density at radius 1 is 1.22 bits per heavy atom. The van der Waals surface area contributed by atoms with E-state index in [1.54, 1.807) is 23.1 Å². The summed E-state index contributed by atoms with van der Waals surface area (Å²) < 4.78 is 14.9. The van der Waals surface area contributed by atoms with Crippen LogP contribution >= 0.6 is 23.2 Å². The fraction of sp³-hybridized carbons (Fsp3) is 0.235. The summed E-state index contributed by atoms with van der Waals surface area (Å²) in [5.74, 6) is 0.539. The third-order valence-electron chi connectivity index (χ3n) is 4.38. The Kier molecular flexibility index (Phi) is 4.53. The SMILES string of the molecule is CC1Cn2c(nnc2-c2ncc(F)cn2)CN1C(=O)c1cccc(Cl)c1Cl. The topological polar surface area (TPSA) is 76.8 Å². The van der Waals surface area contributed by atoms with E-state index >= 15 is 0 Å². The van der Waals surface area contributed by atoms with Crippen LogP contribution < -0.4 is 0 Å². The van der Waals surface area contributed by atoms with E-state index in [2.05, 4.69) is 20.2 Å². The predicted molar refractivity (Wildman–Crippen MR) is 96.8 cm³/mol. The average molecular weight is 407 g/mol. The maximum absolute atomic E-state index is 13.1. The Hall–Kier alpha value is -2.58. The van der Waals surface area contributed by atoms with Crippen LogP contribution in [0.3, 0.4) is 0 Å². The number of halogens is 3. The molecule has 0 saturated heterocycles. The zero-order chi connectivity index (χ0) is 19.1. The van der Waals surface area contributed by atoms with Crippen molar-refractivity contribution >= 4 is 29.1 Å². The zero-order valence-electron chi connectivity index (χ0n) is 14.1. The molecule has 138 valence electrons. The first kappa shape index (κ1) is 17.8. The van der Waals surface area contributed by atoms with Gasteiger partial charge >= 0.3 is 0 Å². The molecule has 1 atom stereocenters. The average Bonchev–Trinajstić information content (AvgIpc) is 3.06. The molecule has 0 N–H and O–H groups in total. The van der Waals surface area contributed by atoms with E-state index < -0.39 is 5.82 Å². The normalized spacial score (nSPS) is 16.3. The highest BCUT2D eigenvalue weighted by molar-refractivity contribution is 6.43. The van der Waals surface area contributed by atoms with Crippen molar-refractivity contribution in [2.24, 2.45) is 0 Å². The van der Waals surface area contributed by atoms with Crippen LogP contribution in [0.5, 0.6) is 0 Å². The second-order valence-electron chi connectivity index (χ2n) is 6.16. The quantitative estimate of drug-likeness (QED) is 0.652. The Bertz CT molecular complexity index is 1020. The van der Waals surface area contributed by atoms with Crippen LogP contribution in [0.25, 0.3) is 11.6 Å². The summed E-state index contributed by atoms with van der Waals surface area (Å²) in [7, 11) is 0. The van der Waals surface area contributed by atoms with Gasteiger partial charge in [0.1, 0.15) is 0 Å². The Morgan fingerprint density at radius 3 is 2.70 bits per heavy atom. The van der Waals surface area contributed by atoms with Crippen molar-refractivity contribution in [2.45, 2.75) is 26.1 Å². The second-order valence-corrected chi connectivity index (χ2v) is 6.94. The summed E-state index contributed by atoms with van der Waals surface area (Å²) in [5, 5.41) is 8.80. The van der Waals surface area contributed by atoms with E-state index in [1.165, 1.54) is 0 Å². The molecule has 1 amide bonds. The Balaban J connectivity index is 1.65. The van der Waals surface area contributed by atoms with Gasteiger partial charge in [0, 0.05) is 12.6 Å². The summed E-state index contributed by atoms with van der Waals surface area (Å²) >= 11 is 12.2. The standard InChI is InChI=1S/C17H13Cl2FN6O/c1-9-7-26-13(23-24-16(26)15-21-5-10(20)6-22-15)8-25(9)17(27)11-3-2-4-12(18)14(11)19/h2-6,9H,7-8H2,1H3. The number of fused-ring (bicyclic) bond motifs is 1. The lowest BCUT2D eigenvalue weighted by atomic mass is 10.1. The molecular weight excluding hydrogens is 394 g/mol. The number of benzene rings is 1. The molecule has 0 fully saturated rings. The summed E-state index contributed by atoms with van der Waals surface area (Å²) in [6.45, 7) is 2.61. The summed E-state index contributed by atoms with van der Waals surface area (Å²) in [4.78, 5) is 22.5. The number of hydrogen-bond acceptors (Lipinski definition) is 5. The number of carbonyl (C=O) groups excluding carboxylic acids is 1. The van der Waals surface area contributed by atoms with Gasteiger partial charge in [-0.1, -0.05) is 29.3 Å². The van der Waals surface area contributed by atoms with Crippen LogP contribution in [0.1, 0.15) is 23.1 Å². The third kappa shape index (κ3) is 3.15. The van der Waals surface area contributed by atoms with Crippen LogP contribution in [0.2, 0.25) is 10.0 Å². The minimum Gasteiger partial charge on any atom is -0.327 e. The number of amides is 1. The van der Waals surface area contributed by atoms with E-state index in [0.717, 1.165) is 12.4 Å². The smallest absolute Gasteiger partial charge is 0.256 e. The first-order chi connectivity index (χ1) is 13.0. The summed E-state index contributed by atoms with van der Waals surface area (Å²) in [6, 6.07) is 4.80. The van der Waals surface area contributed by atoms with Crippen molar-refractivity contribution in [1.29, 1.82) is 0 Å². The second kappa shape index (κ2) is 6.86. The van der Waals surface area contributed by atoms with Gasteiger partial charge in [0.05, 0.1) is 34.5 Å². The van der Waals surface area contributed by atoms with E-state index in [4.69, 9.17) is 23.2 Å². The van der Waals surface area contributed by atoms with Crippen molar-refractivity contribution in [3.05, 3.63) is 57.8 Å². The van der Waals surface area contributed by atoms with Gasteiger partial charge in [0.15, 0.2) is 17.5 Å². The lowest BCUT2D eigenvalue weighted by molar-refractivity contribution is 0.0612. The minimum absolute atomic E-state index is 0.157. The van der Waals surface area contributed by atoms with Crippen molar-refractivity contribution in [3.8, 4) is 11.6 Å². The molecule has 3 heterocycles. The first-order valence-corrected chi connectivity index (χ1v) is 8.86. The lowest BCUT2D eigenvalue weighted by Gasteiger charge is -2.34. The van der Waals surface area contributed by atoms with Crippen LogP contribution in [-0.4, -0.2) is 41.6 Å². The fourth-order valence-electron chi connectivity index (χ4n) is 3.00. The maximum atomic E-state index is 13.1. The van der Waals surface area contributed by atoms with E-state index in [-0.39, 0.29) is 29.3 Å². The van der Waals surface area contributed by atoms with E-state index in [0.29, 0.717) is 28.8 Å². The van der Waals surface area contributed by atoms with Gasteiger partial charge in [0.2, 0.25) is 5.82 Å². The van der Waals surface area contributed by atoms with Crippen molar-refractivity contribution in [3.63, 3.8) is 0 Å². The molecule has 0 saturated carbocycles. The molecule has 0 radical (unpaired) electrons. The zero-order valence-corrected chi connectivity index (χ0v) is 15.6. The van der Waals surface area contributed by atoms with Gasteiger partial charge in [-0.3, -0.25) is 4.79 Å². The van der Waals surface area contributed by atoms with E-state index in [9.17, 15) is 9.18 Å². The maximum Gasteiger partial charge on any atom is 0.256 e. The number of nitrogens with zero attached hydrogens (tertiary/aromatic N) is 6. The molecule has 27 heavy (non-hydrogen) atoms. The van der Waals surface area contributed by atoms with Crippen LogP contribution in [0.4, 0.5) is 4.39 Å². The summed E-state index contributed by atoms with van der Waals surface area (Å²) in [6.07, 6.45) is 2.15. The predicted octanol–water partition coefficient (Wildman–Crippen LogP) is 3.23. The molecule has 4 rings (SSSR count). The van der Waals surface area contributed by atoms with Gasteiger partial charge in [0.25, 0.3) is 5.91 Å². The molecule has 1 aromatic carbocycles. The van der Waals surface area contributed by atoms with Gasteiger partial charge in [-0.2, -0.15) is 0 Å². The molecule has 1 aliphatic heterocycles. The highest BCUT2D eigenvalue weighted by Gasteiger charge is 2.32. The molecule has 1 unspecified atom stereocenters. The Labute approximate surface area is 163 Å². The summed E-state index contributed by atoms with van der Waals surface area (Å²) in [5.41, 5.74) is 0.339. The monoisotopic (exact) mass is 406 g/mol. The molecule has 0 spiro atoms. The van der Waals surface area contributed by atoms with Crippen LogP contribution in [0, 0.1) is 5.82 Å². The molecule has 2 aromatic heterocycles. The number of hydrogen-bond donors (Lipinski definition) is 0. The van der Waals surface area contributed by atoms with Crippen molar-refractivity contribution in [2.75, 3.05) is 0 Å². The van der Waals surface area contributed by atoms with Crippen LogP contribution in [0.15, 0.2) is 30.6 Å². The number of aromatic nitrogens is 5. The van der Waals surface area contributed by atoms with Crippen molar-refractivity contribution in [1.82, 2.24) is 29.6 Å². The van der Waals surface area contributed by atoms with Crippen molar-refractivity contribution < 1.29 is 9.18 Å². The third-order valence-corrected chi connectivity index (χ3v) is 5.20. The molecule has 0 bridgehead atoms. The van der Waals surface area contributed by atoms with Gasteiger partial charge < -0.3 is 9.47 Å². The molecule has 10 heteroatoms. The molecular formula is C17H13Cl2FN6O. The highest BCUT2D eigenvalue weighted by Crippen LogP contribution is 2.29. The molecule has 7 nitrogen and oxygen atoms in total. The molecule has 3 aromatic rings. The highest BCUT2D eigenvalue weighted by atomic mass is 35.5. The number of carbonyl (C=O) groups is 1. The largest absolute Gasteiger partial charge is 0.327 e. The van der Waals surface area contributed by atoms with Crippen LogP contribution in [-0.2, 0) is 13.1 Å². The molecule has 0 aliphatic carbocycles. The number of rotatable bonds is 2. The fourth-order valence-corrected chi connectivity index (χ4v) is 3.39. The van der Waals surface area contributed by atoms with Gasteiger partial charge in [-0.15, -0.1) is 10.2 Å². The molecule has 1 aliphatic rings. The van der Waals surface area contributed by atoms with Gasteiger partial charge in [-0.25, -0.2) is 14.4 Å². The lowest BCUT2D eigenvalue weighted by Crippen LogP contribution is -2.45. The minimum atomic E-state index is -0.527.